The maximum atomic E-state index is 5.78. The van der Waals surface area contributed by atoms with Gasteiger partial charge < -0.3 is 15.4 Å². The van der Waals surface area contributed by atoms with Crippen LogP contribution in [0.1, 0.15) is 19.4 Å². The second kappa shape index (κ2) is 6.21. The molecule has 0 radical (unpaired) electrons. The topological polar surface area (TPSA) is 38.5 Å². The first-order valence-corrected chi connectivity index (χ1v) is 6.89. The molecule has 3 heteroatoms. The number of para-hydroxylation sites is 1. The van der Waals surface area contributed by atoms with E-state index in [9.17, 15) is 0 Å². The molecular formula is C15H24N2O. The van der Waals surface area contributed by atoms with Crippen LogP contribution in [-0.2, 0) is 11.2 Å². The zero-order valence-electron chi connectivity index (χ0n) is 11.4. The highest BCUT2D eigenvalue weighted by molar-refractivity contribution is 5.55. The third-order valence-electron chi connectivity index (χ3n) is 3.52. The highest BCUT2D eigenvalue weighted by Gasteiger charge is 2.23. The molecule has 0 spiro atoms. The van der Waals surface area contributed by atoms with E-state index in [-0.39, 0.29) is 6.10 Å². The summed E-state index contributed by atoms with van der Waals surface area (Å²) >= 11 is 0. The number of nitrogens with two attached hydrogens (primary N) is 1. The summed E-state index contributed by atoms with van der Waals surface area (Å²) < 4.78 is 5.68. The second-order valence-corrected chi connectivity index (χ2v) is 5.16. The molecule has 1 aromatic rings. The predicted octanol–water partition coefficient (Wildman–Crippen LogP) is 2.05. The van der Waals surface area contributed by atoms with Crippen LogP contribution >= 0.6 is 0 Å². The molecule has 1 aliphatic heterocycles. The van der Waals surface area contributed by atoms with Crippen molar-refractivity contribution < 1.29 is 4.74 Å². The lowest BCUT2D eigenvalue weighted by Gasteiger charge is -2.36. The largest absolute Gasteiger partial charge is 0.375 e. The number of hydrogen-bond donors (Lipinski definition) is 1. The summed E-state index contributed by atoms with van der Waals surface area (Å²) in [6.45, 7) is 7.64. The van der Waals surface area contributed by atoms with Gasteiger partial charge in [-0.25, -0.2) is 0 Å². The Hall–Kier alpha value is -1.06. The van der Waals surface area contributed by atoms with Crippen molar-refractivity contribution in [1.82, 2.24) is 0 Å². The van der Waals surface area contributed by atoms with Crippen molar-refractivity contribution >= 4 is 5.69 Å². The molecule has 1 aromatic carbocycles. The fourth-order valence-corrected chi connectivity index (χ4v) is 2.76. The number of anilines is 1. The van der Waals surface area contributed by atoms with E-state index in [2.05, 4.69) is 36.1 Å². The smallest absolute Gasteiger partial charge is 0.0871 e. The molecule has 0 aliphatic carbocycles. The van der Waals surface area contributed by atoms with Gasteiger partial charge in [0.25, 0.3) is 0 Å². The molecule has 0 bridgehead atoms. The summed E-state index contributed by atoms with van der Waals surface area (Å²) in [5.74, 6) is 0.694. The van der Waals surface area contributed by atoms with Crippen LogP contribution in [0.4, 0.5) is 5.69 Å². The van der Waals surface area contributed by atoms with Crippen molar-refractivity contribution in [1.29, 1.82) is 0 Å². The Morgan fingerprint density at radius 3 is 2.94 bits per heavy atom. The maximum absolute atomic E-state index is 5.78. The summed E-state index contributed by atoms with van der Waals surface area (Å²) in [7, 11) is 0. The Morgan fingerprint density at radius 2 is 2.22 bits per heavy atom. The lowest BCUT2D eigenvalue weighted by Crippen LogP contribution is -2.43. The quantitative estimate of drug-likeness (QED) is 0.866. The van der Waals surface area contributed by atoms with Crippen molar-refractivity contribution in [2.24, 2.45) is 11.7 Å². The van der Waals surface area contributed by atoms with Gasteiger partial charge in [-0.15, -0.1) is 0 Å². The first-order chi connectivity index (χ1) is 8.74. The molecule has 1 aliphatic rings. The minimum Gasteiger partial charge on any atom is -0.375 e. The van der Waals surface area contributed by atoms with Crippen molar-refractivity contribution in [3.63, 3.8) is 0 Å². The Bertz CT molecular complexity index is 381. The van der Waals surface area contributed by atoms with E-state index in [0.717, 1.165) is 19.7 Å². The van der Waals surface area contributed by atoms with E-state index < -0.39 is 0 Å². The number of fused-ring (bicyclic) bond motifs is 1. The predicted molar refractivity (Wildman–Crippen MR) is 76.0 cm³/mol. The van der Waals surface area contributed by atoms with E-state index in [4.69, 9.17) is 10.5 Å². The minimum absolute atomic E-state index is 0.133. The van der Waals surface area contributed by atoms with Crippen molar-refractivity contribution in [3.8, 4) is 0 Å². The lowest BCUT2D eigenvalue weighted by molar-refractivity contribution is 0.0730. The molecular weight excluding hydrogens is 224 g/mol. The van der Waals surface area contributed by atoms with Crippen LogP contribution in [0, 0.1) is 5.92 Å². The SMILES string of the molecule is CCOC(CN)CN1CC(C)Cc2ccccc21. The minimum atomic E-state index is 0.133. The van der Waals surface area contributed by atoms with Crippen LogP contribution < -0.4 is 10.6 Å². The van der Waals surface area contributed by atoms with Crippen LogP contribution in [0.5, 0.6) is 0 Å². The molecule has 0 amide bonds. The molecule has 2 N–H and O–H groups in total. The second-order valence-electron chi connectivity index (χ2n) is 5.16. The zero-order valence-corrected chi connectivity index (χ0v) is 11.4. The van der Waals surface area contributed by atoms with Crippen LogP contribution in [-0.4, -0.2) is 32.3 Å². The maximum Gasteiger partial charge on any atom is 0.0871 e. The molecule has 1 heterocycles. The number of ether oxygens (including phenoxy) is 1. The molecule has 18 heavy (non-hydrogen) atoms. The molecule has 0 saturated heterocycles. The molecule has 100 valence electrons. The third kappa shape index (κ3) is 3.03. The van der Waals surface area contributed by atoms with Gasteiger partial charge in [0, 0.05) is 31.9 Å². The van der Waals surface area contributed by atoms with Gasteiger partial charge in [0.1, 0.15) is 0 Å². The molecule has 2 unspecified atom stereocenters. The molecule has 2 rings (SSSR count). The van der Waals surface area contributed by atoms with Gasteiger partial charge in [0.2, 0.25) is 0 Å². The first kappa shape index (κ1) is 13.4. The van der Waals surface area contributed by atoms with Crippen LogP contribution in [0.15, 0.2) is 24.3 Å². The normalized spacial score (nSPS) is 20.6. The number of rotatable bonds is 5. The van der Waals surface area contributed by atoms with Gasteiger partial charge in [-0.1, -0.05) is 25.1 Å². The van der Waals surface area contributed by atoms with Gasteiger partial charge in [0.05, 0.1) is 6.10 Å². The van der Waals surface area contributed by atoms with Gasteiger partial charge >= 0.3 is 0 Å². The van der Waals surface area contributed by atoms with Gasteiger partial charge in [-0.3, -0.25) is 0 Å². The Morgan fingerprint density at radius 1 is 1.44 bits per heavy atom. The molecule has 3 nitrogen and oxygen atoms in total. The molecule has 0 fully saturated rings. The van der Waals surface area contributed by atoms with E-state index in [1.807, 2.05) is 6.92 Å². The van der Waals surface area contributed by atoms with E-state index >= 15 is 0 Å². The average Bonchev–Trinajstić information content (AvgIpc) is 2.38. The molecule has 0 aromatic heterocycles. The van der Waals surface area contributed by atoms with Gasteiger partial charge in [0.15, 0.2) is 0 Å². The van der Waals surface area contributed by atoms with Crippen molar-refractivity contribution in [2.75, 3.05) is 31.1 Å². The Labute approximate surface area is 110 Å². The standard InChI is InChI=1S/C15H24N2O/c1-3-18-14(9-16)11-17-10-12(2)8-13-6-4-5-7-15(13)17/h4-7,12,14H,3,8-11,16H2,1-2H3. The van der Waals surface area contributed by atoms with E-state index in [1.54, 1.807) is 0 Å². The van der Waals surface area contributed by atoms with E-state index in [1.165, 1.54) is 17.7 Å². The summed E-state index contributed by atoms with van der Waals surface area (Å²) in [4.78, 5) is 2.43. The van der Waals surface area contributed by atoms with Crippen LogP contribution in [0.2, 0.25) is 0 Å². The molecule has 2 atom stereocenters. The summed E-state index contributed by atoms with van der Waals surface area (Å²) in [6, 6.07) is 8.68. The van der Waals surface area contributed by atoms with Crippen molar-refractivity contribution in [2.45, 2.75) is 26.4 Å². The number of benzene rings is 1. The van der Waals surface area contributed by atoms with Crippen molar-refractivity contribution in [3.05, 3.63) is 29.8 Å². The fourth-order valence-electron chi connectivity index (χ4n) is 2.76. The summed E-state index contributed by atoms with van der Waals surface area (Å²) in [6.07, 6.45) is 1.31. The Balaban J connectivity index is 2.13. The summed E-state index contributed by atoms with van der Waals surface area (Å²) in [5, 5.41) is 0. The third-order valence-corrected chi connectivity index (χ3v) is 3.52. The number of nitrogens with zero attached hydrogens (tertiary/aromatic N) is 1. The summed E-state index contributed by atoms with van der Waals surface area (Å²) in [5.41, 5.74) is 8.58. The van der Waals surface area contributed by atoms with Gasteiger partial charge in [-0.2, -0.15) is 0 Å². The fraction of sp³-hybridized carbons (Fsp3) is 0.600. The highest BCUT2D eigenvalue weighted by atomic mass is 16.5. The Kier molecular flexibility index (Phi) is 4.61. The first-order valence-electron chi connectivity index (χ1n) is 6.89. The van der Waals surface area contributed by atoms with E-state index in [0.29, 0.717) is 12.5 Å². The molecule has 0 saturated carbocycles. The van der Waals surface area contributed by atoms with Crippen LogP contribution in [0.3, 0.4) is 0 Å². The lowest BCUT2D eigenvalue weighted by atomic mass is 9.93. The monoisotopic (exact) mass is 248 g/mol. The average molecular weight is 248 g/mol. The van der Waals surface area contributed by atoms with Gasteiger partial charge in [-0.05, 0) is 30.9 Å². The number of hydrogen-bond acceptors (Lipinski definition) is 3. The van der Waals surface area contributed by atoms with Crippen LogP contribution in [0.25, 0.3) is 0 Å². The highest BCUT2D eigenvalue weighted by Crippen LogP contribution is 2.29. The zero-order chi connectivity index (χ0) is 13.0.